The molecule has 1 fully saturated rings. The molecular formula is C23H26BN7O2. The number of fused-ring (bicyclic) bond motifs is 1. The summed E-state index contributed by atoms with van der Waals surface area (Å²) in [6.45, 7) is 5.60. The summed E-state index contributed by atoms with van der Waals surface area (Å²) in [4.78, 5) is 24.0. The van der Waals surface area contributed by atoms with Gasteiger partial charge in [0.15, 0.2) is 5.65 Å². The maximum Gasteiger partial charge on any atom is 0.259 e. The molecule has 9 nitrogen and oxygen atoms in total. The van der Waals surface area contributed by atoms with E-state index in [1.807, 2.05) is 48.7 Å². The quantitative estimate of drug-likeness (QED) is 0.468. The summed E-state index contributed by atoms with van der Waals surface area (Å²) in [5, 5.41) is 11.9. The van der Waals surface area contributed by atoms with Crippen LogP contribution in [0.5, 0.6) is 0 Å². The summed E-state index contributed by atoms with van der Waals surface area (Å²) in [6, 6.07) is 6.06. The van der Waals surface area contributed by atoms with Crippen molar-refractivity contribution in [3.63, 3.8) is 0 Å². The van der Waals surface area contributed by atoms with Gasteiger partial charge in [0, 0.05) is 55.9 Å². The second-order valence-corrected chi connectivity index (χ2v) is 8.61. The van der Waals surface area contributed by atoms with Crippen LogP contribution < -0.4 is 10.8 Å². The molecule has 5 rings (SSSR count). The average molecular weight is 443 g/mol. The standard InChI is InChI=1S/C23H26BN7O2/c1-14-21(15(2)33-29-14)23(32)30-8-5-17(6-9-30)19-10-20(26-12-16-4-3-7-25-11-16)31-22(28-19)18(24)13-27-31/h3-4,7,10-11,13,17,26H,5-6,8-9,12,24H2,1-2H3. The van der Waals surface area contributed by atoms with Gasteiger partial charge in [0.2, 0.25) is 0 Å². The molecular weight excluding hydrogens is 417 g/mol. The van der Waals surface area contributed by atoms with E-state index in [0.717, 1.165) is 41.0 Å². The molecule has 0 atom stereocenters. The Hall–Kier alpha value is -3.69. The Morgan fingerprint density at radius 2 is 2.09 bits per heavy atom. The Kier molecular flexibility index (Phi) is 5.57. The van der Waals surface area contributed by atoms with Gasteiger partial charge < -0.3 is 14.7 Å². The van der Waals surface area contributed by atoms with Gasteiger partial charge >= 0.3 is 0 Å². The van der Waals surface area contributed by atoms with E-state index in [1.54, 1.807) is 13.1 Å². The summed E-state index contributed by atoms with van der Waals surface area (Å²) in [7, 11) is 2.02. The number of aryl methyl sites for hydroxylation is 2. The van der Waals surface area contributed by atoms with Crippen molar-refractivity contribution >= 4 is 30.7 Å². The second-order valence-electron chi connectivity index (χ2n) is 8.61. The summed E-state index contributed by atoms with van der Waals surface area (Å²) in [5.74, 6) is 1.75. The molecule has 4 aromatic rings. The Labute approximate surface area is 192 Å². The van der Waals surface area contributed by atoms with Gasteiger partial charge in [0.1, 0.15) is 25.0 Å². The highest BCUT2D eigenvalue weighted by atomic mass is 16.5. The van der Waals surface area contributed by atoms with E-state index in [0.29, 0.717) is 36.7 Å². The third-order valence-corrected chi connectivity index (χ3v) is 6.31. The molecule has 1 amide bonds. The number of aromatic nitrogens is 5. The van der Waals surface area contributed by atoms with Crippen LogP contribution in [0.2, 0.25) is 0 Å². The molecule has 33 heavy (non-hydrogen) atoms. The van der Waals surface area contributed by atoms with Crippen LogP contribution in [-0.2, 0) is 6.54 Å². The first kappa shape index (κ1) is 21.2. The maximum absolute atomic E-state index is 13.0. The van der Waals surface area contributed by atoms with Crippen LogP contribution in [0.15, 0.2) is 41.3 Å². The number of rotatable bonds is 5. The van der Waals surface area contributed by atoms with Crippen molar-refractivity contribution in [2.45, 2.75) is 39.2 Å². The van der Waals surface area contributed by atoms with E-state index >= 15 is 0 Å². The van der Waals surface area contributed by atoms with Gasteiger partial charge in [-0.2, -0.15) is 9.61 Å². The molecule has 0 spiro atoms. The molecule has 1 saturated heterocycles. The largest absolute Gasteiger partial charge is 0.366 e. The fourth-order valence-electron chi connectivity index (χ4n) is 4.45. The molecule has 0 aromatic carbocycles. The smallest absolute Gasteiger partial charge is 0.259 e. The van der Waals surface area contributed by atoms with Gasteiger partial charge in [-0.1, -0.05) is 11.2 Å². The lowest BCUT2D eigenvalue weighted by Crippen LogP contribution is -2.38. The van der Waals surface area contributed by atoms with E-state index in [-0.39, 0.29) is 11.8 Å². The predicted molar refractivity (Wildman–Crippen MR) is 127 cm³/mol. The van der Waals surface area contributed by atoms with Crippen LogP contribution in [0.3, 0.4) is 0 Å². The number of carbonyl (C=O) groups excluding carboxylic acids is 1. The highest BCUT2D eigenvalue weighted by molar-refractivity contribution is 6.36. The molecule has 5 heterocycles. The lowest BCUT2D eigenvalue weighted by Gasteiger charge is -2.32. The van der Waals surface area contributed by atoms with E-state index in [9.17, 15) is 4.79 Å². The molecule has 0 radical (unpaired) electrons. The van der Waals surface area contributed by atoms with E-state index in [1.165, 1.54) is 0 Å². The number of nitrogens with zero attached hydrogens (tertiary/aromatic N) is 6. The number of pyridine rings is 1. The third kappa shape index (κ3) is 4.08. The zero-order valence-corrected chi connectivity index (χ0v) is 19.1. The molecule has 0 unspecified atom stereocenters. The molecule has 1 N–H and O–H groups in total. The fraction of sp³-hybridized carbons (Fsp3) is 0.348. The summed E-state index contributed by atoms with van der Waals surface area (Å²) in [5.41, 5.74) is 5.25. The van der Waals surface area contributed by atoms with Crippen LogP contribution in [0, 0.1) is 13.8 Å². The van der Waals surface area contributed by atoms with Crippen LogP contribution in [0.1, 0.15) is 51.8 Å². The van der Waals surface area contributed by atoms with Crippen LogP contribution in [-0.4, -0.2) is 56.5 Å². The summed E-state index contributed by atoms with van der Waals surface area (Å²) >= 11 is 0. The minimum Gasteiger partial charge on any atom is -0.366 e. The molecule has 168 valence electrons. The van der Waals surface area contributed by atoms with Crippen molar-refractivity contribution in [2.24, 2.45) is 0 Å². The lowest BCUT2D eigenvalue weighted by atomic mass is 9.92. The monoisotopic (exact) mass is 443 g/mol. The van der Waals surface area contributed by atoms with Crippen molar-refractivity contribution in [3.05, 3.63) is 65.1 Å². The van der Waals surface area contributed by atoms with Gasteiger partial charge in [-0.25, -0.2) is 4.98 Å². The average Bonchev–Trinajstić information content (AvgIpc) is 3.39. The van der Waals surface area contributed by atoms with Crippen molar-refractivity contribution in [3.8, 4) is 0 Å². The number of nitrogens with one attached hydrogen (secondary N) is 1. The zero-order chi connectivity index (χ0) is 22.9. The second kappa shape index (κ2) is 8.69. The van der Waals surface area contributed by atoms with Gasteiger partial charge in [0.25, 0.3) is 5.91 Å². The molecule has 4 aromatic heterocycles. The lowest BCUT2D eigenvalue weighted by molar-refractivity contribution is 0.0709. The number of likely N-dealkylation sites (tertiary alicyclic amines) is 1. The van der Waals surface area contributed by atoms with Gasteiger partial charge in [-0.15, -0.1) is 0 Å². The molecule has 1 aliphatic rings. The normalized spacial score (nSPS) is 14.7. The minimum atomic E-state index is -0.00132. The zero-order valence-electron chi connectivity index (χ0n) is 19.1. The van der Waals surface area contributed by atoms with Crippen molar-refractivity contribution in [2.75, 3.05) is 18.4 Å². The first-order chi connectivity index (χ1) is 16.0. The Morgan fingerprint density at radius 3 is 2.79 bits per heavy atom. The van der Waals surface area contributed by atoms with Crippen molar-refractivity contribution < 1.29 is 9.32 Å². The van der Waals surface area contributed by atoms with Crippen molar-refractivity contribution in [1.29, 1.82) is 0 Å². The van der Waals surface area contributed by atoms with Crippen LogP contribution in [0.25, 0.3) is 5.65 Å². The van der Waals surface area contributed by atoms with E-state index < -0.39 is 0 Å². The SMILES string of the molecule is Bc1cnn2c(NCc3cccnc3)cc(C3CCN(C(=O)c4c(C)noc4C)CC3)nc12. The van der Waals surface area contributed by atoms with Crippen LogP contribution >= 0.6 is 0 Å². The highest BCUT2D eigenvalue weighted by Gasteiger charge is 2.29. The van der Waals surface area contributed by atoms with Gasteiger partial charge in [-0.05, 0) is 43.8 Å². The molecule has 10 heteroatoms. The number of amides is 1. The molecule has 1 aliphatic heterocycles. The first-order valence-electron chi connectivity index (χ1n) is 11.2. The van der Waals surface area contributed by atoms with E-state index in [4.69, 9.17) is 9.51 Å². The number of piperidine rings is 1. The highest BCUT2D eigenvalue weighted by Crippen LogP contribution is 2.30. The maximum atomic E-state index is 13.0. The number of hydrogen-bond donors (Lipinski definition) is 1. The number of anilines is 1. The topological polar surface area (TPSA) is 101 Å². The van der Waals surface area contributed by atoms with Gasteiger partial charge in [-0.3, -0.25) is 9.78 Å². The third-order valence-electron chi connectivity index (χ3n) is 6.31. The summed E-state index contributed by atoms with van der Waals surface area (Å²) in [6.07, 6.45) is 7.17. The first-order valence-corrected chi connectivity index (χ1v) is 11.2. The number of carbonyl (C=O) groups is 1. The fourth-order valence-corrected chi connectivity index (χ4v) is 4.45. The van der Waals surface area contributed by atoms with E-state index in [2.05, 4.69) is 26.6 Å². The van der Waals surface area contributed by atoms with Crippen LogP contribution in [0.4, 0.5) is 5.82 Å². The molecule has 0 saturated carbocycles. The Balaban J connectivity index is 1.35. The predicted octanol–water partition coefficient (Wildman–Crippen LogP) is 1.62. The van der Waals surface area contributed by atoms with Crippen molar-refractivity contribution in [1.82, 2.24) is 29.6 Å². The number of hydrogen-bond acceptors (Lipinski definition) is 7. The minimum absolute atomic E-state index is 0.00132. The molecule has 0 bridgehead atoms. The summed E-state index contributed by atoms with van der Waals surface area (Å²) < 4.78 is 7.04. The molecule has 0 aliphatic carbocycles. The Bertz CT molecular complexity index is 1270. The Morgan fingerprint density at radius 1 is 1.27 bits per heavy atom. The van der Waals surface area contributed by atoms with Gasteiger partial charge in [0.05, 0.1) is 5.69 Å².